The van der Waals surface area contributed by atoms with E-state index >= 15 is 0 Å². The molecule has 0 aliphatic rings. The lowest BCUT2D eigenvalue weighted by molar-refractivity contribution is 0.284. The van der Waals surface area contributed by atoms with Crippen LogP contribution in [0.1, 0.15) is 19.4 Å². The van der Waals surface area contributed by atoms with Gasteiger partial charge in [-0.25, -0.2) is 0 Å². The summed E-state index contributed by atoms with van der Waals surface area (Å²) in [6, 6.07) is 0.583. The van der Waals surface area contributed by atoms with Gasteiger partial charge in [0.05, 0.1) is 0 Å². The molecule has 0 unspecified atom stereocenters. The number of nitrogens with zero attached hydrogens (tertiary/aromatic N) is 2. The first-order valence-electron chi connectivity index (χ1n) is 5.18. The van der Waals surface area contributed by atoms with Crippen LogP contribution < -0.4 is 11.1 Å². The van der Waals surface area contributed by atoms with Gasteiger partial charge in [-0.2, -0.15) is 4.37 Å². The summed E-state index contributed by atoms with van der Waals surface area (Å²) in [5.74, 6) is 0.639. The summed E-state index contributed by atoms with van der Waals surface area (Å²) in [5.41, 5.74) is 6.73. The molecule has 3 N–H and O–H groups in total. The minimum atomic E-state index is 0.583. The number of nitrogens with one attached hydrogen (secondary N) is 1. The molecule has 0 amide bonds. The van der Waals surface area contributed by atoms with Gasteiger partial charge < -0.3 is 16.0 Å². The molecule has 5 heteroatoms. The molecule has 0 bridgehead atoms. The number of aromatic nitrogens is 1. The van der Waals surface area contributed by atoms with Crippen LogP contribution in [0.2, 0.25) is 0 Å². The van der Waals surface area contributed by atoms with Gasteiger partial charge in [-0.05, 0) is 39.4 Å². The monoisotopic (exact) mass is 228 g/mol. The smallest absolute Gasteiger partial charge is 0.142 e. The molecular formula is C10H20N4S. The van der Waals surface area contributed by atoms with Gasteiger partial charge in [0.2, 0.25) is 0 Å². The lowest BCUT2D eigenvalue weighted by Gasteiger charge is -2.20. The lowest BCUT2D eigenvalue weighted by atomic mass is 10.3. The van der Waals surface area contributed by atoms with Gasteiger partial charge in [0.25, 0.3) is 0 Å². The molecule has 0 spiro atoms. The SMILES string of the molecule is Cc1c(N)nsc1NCCN(C)C(C)C. The van der Waals surface area contributed by atoms with Gasteiger partial charge in [0.1, 0.15) is 10.8 Å². The van der Waals surface area contributed by atoms with Crippen LogP contribution in [0.4, 0.5) is 10.8 Å². The van der Waals surface area contributed by atoms with Crippen LogP contribution in [0.3, 0.4) is 0 Å². The first-order chi connectivity index (χ1) is 7.02. The summed E-state index contributed by atoms with van der Waals surface area (Å²) >= 11 is 1.43. The molecule has 0 saturated carbocycles. The molecule has 86 valence electrons. The second-order valence-electron chi connectivity index (χ2n) is 4.02. The van der Waals surface area contributed by atoms with Crippen LogP contribution in [0, 0.1) is 6.92 Å². The van der Waals surface area contributed by atoms with Gasteiger partial charge >= 0.3 is 0 Å². The Labute approximate surface area is 95.6 Å². The molecule has 0 fully saturated rings. The fourth-order valence-corrected chi connectivity index (χ4v) is 1.85. The zero-order valence-corrected chi connectivity index (χ0v) is 10.7. The Bertz CT molecular complexity index is 308. The third-order valence-electron chi connectivity index (χ3n) is 2.59. The average Bonchev–Trinajstić information content (AvgIpc) is 2.49. The molecule has 0 aliphatic heterocycles. The van der Waals surface area contributed by atoms with Gasteiger partial charge in [-0.15, -0.1) is 0 Å². The van der Waals surface area contributed by atoms with Crippen molar-refractivity contribution in [1.82, 2.24) is 9.27 Å². The van der Waals surface area contributed by atoms with Crippen molar-refractivity contribution in [1.29, 1.82) is 0 Å². The number of nitrogen functional groups attached to an aromatic ring is 1. The van der Waals surface area contributed by atoms with Gasteiger partial charge in [-0.3, -0.25) is 0 Å². The summed E-state index contributed by atoms with van der Waals surface area (Å²) < 4.78 is 4.09. The summed E-state index contributed by atoms with van der Waals surface area (Å²) in [4.78, 5) is 2.30. The summed E-state index contributed by atoms with van der Waals surface area (Å²) in [6.45, 7) is 8.32. The van der Waals surface area contributed by atoms with Gasteiger partial charge in [-0.1, -0.05) is 0 Å². The van der Waals surface area contributed by atoms with E-state index in [1.165, 1.54) is 11.5 Å². The highest BCUT2D eigenvalue weighted by Crippen LogP contribution is 2.24. The van der Waals surface area contributed by atoms with Gasteiger partial charge in [0.15, 0.2) is 0 Å². The Morgan fingerprint density at radius 1 is 1.53 bits per heavy atom. The predicted octanol–water partition coefficient (Wildman–Crippen LogP) is 1.79. The maximum absolute atomic E-state index is 5.67. The van der Waals surface area contributed by atoms with Crippen LogP contribution in [0.5, 0.6) is 0 Å². The van der Waals surface area contributed by atoms with Crippen LogP contribution in [0.25, 0.3) is 0 Å². The maximum Gasteiger partial charge on any atom is 0.142 e. The van der Waals surface area contributed by atoms with E-state index in [0.29, 0.717) is 11.9 Å². The van der Waals surface area contributed by atoms with E-state index in [2.05, 4.69) is 35.5 Å². The molecule has 0 atom stereocenters. The molecule has 1 aromatic rings. The van der Waals surface area contributed by atoms with Crippen molar-refractivity contribution in [2.24, 2.45) is 0 Å². The normalized spacial score (nSPS) is 11.3. The molecular weight excluding hydrogens is 208 g/mol. The number of hydrogen-bond donors (Lipinski definition) is 2. The average molecular weight is 228 g/mol. The molecule has 4 nitrogen and oxygen atoms in total. The second-order valence-corrected chi connectivity index (χ2v) is 4.80. The van der Waals surface area contributed by atoms with Crippen molar-refractivity contribution >= 4 is 22.4 Å². The topological polar surface area (TPSA) is 54.2 Å². The largest absolute Gasteiger partial charge is 0.383 e. The minimum Gasteiger partial charge on any atom is -0.383 e. The first kappa shape index (κ1) is 12.3. The molecule has 1 rings (SSSR count). The van der Waals surface area contributed by atoms with E-state index in [1.54, 1.807) is 0 Å². The molecule has 0 radical (unpaired) electrons. The van der Waals surface area contributed by atoms with Gasteiger partial charge in [0, 0.05) is 24.7 Å². The highest BCUT2D eigenvalue weighted by molar-refractivity contribution is 7.10. The van der Waals surface area contributed by atoms with Crippen molar-refractivity contribution in [3.05, 3.63) is 5.56 Å². The number of anilines is 2. The maximum atomic E-state index is 5.67. The zero-order chi connectivity index (χ0) is 11.4. The molecule has 1 heterocycles. The lowest BCUT2D eigenvalue weighted by Crippen LogP contribution is -2.31. The molecule has 1 aromatic heterocycles. The van der Waals surface area contributed by atoms with E-state index in [-0.39, 0.29) is 0 Å². The summed E-state index contributed by atoms with van der Waals surface area (Å²) in [5, 5.41) is 4.44. The molecule has 0 aromatic carbocycles. The van der Waals surface area contributed by atoms with Crippen molar-refractivity contribution in [2.75, 3.05) is 31.2 Å². The van der Waals surface area contributed by atoms with Crippen molar-refractivity contribution < 1.29 is 0 Å². The zero-order valence-electron chi connectivity index (χ0n) is 9.87. The fourth-order valence-electron chi connectivity index (χ4n) is 1.12. The second kappa shape index (κ2) is 5.32. The van der Waals surface area contributed by atoms with Crippen molar-refractivity contribution in [3.63, 3.8) is 0 Å². The third kappa shape index (κ3) is 3.35. The summed E-state index contributed by atoms with van der Waals surface area (Å²) in [6.07, 6.45) is 0. The molecule has 0 saturated heterocycles. The number of likely N-dealkylation sites (N-methyl/N-ethyl adjacent to an activating group) is 1. The quantitative estimate of drug-likeness (QED) is 0.806. The summed E-state index contributed by atoms with van der Waals surface area (Å²) in [7, 11) is 2.13. The number of nitrogens with two attached hydrogens (primary N) is 1. The molecule has 15 heavy (non-hydrogen) atoms. The van der Waals surface area contributed by atoms with E-state index in [0.717, 1.165) is 23.7 Å². The Kier molecular flexibility index (Phi) is 4.35. The van der Waals surface area contributed by atoms with Crippen LogP contribution >= 0.6 is 11.5 Å². The van der Waals surface area contributed by atoms with E-state index < -0.39 is 0 Å². The van der Waals surface area contributed by atoms with E-state index in [1.807, 2.05) is 6.92 Å². The highest BCUT2D eigenvalue weighted by atomic mass is 32.1. The first-order valence-corrected chi connectivity index (χ1v) is 5.95. The predicted molar refractivity (Wildman–Crippen MR) is 67.5 cm³/mol. The third-order valence-corrected chi connectivity index (χ3v) is 3.51. The van der Waals surface area contributed by atoms with Crippen LogP contribution in [-0.4, -0.2) is 35.5 Å². The highest BCUT2D eigenvalue weighted by Gasteiger charge is 2.06. The van der Waals surface area contributed by atoms with E-state index in [9.17, 15) is 0 Å². The fraction of sp³-hybridized carbons (Fsp3) is 0.700. The Balaban J connectivity index is 2.35. The minimum absolute atomic E-state index is 0.583. The van der Waals surface area contributed by atoms with E-state index in [4.69, 9.17) is 5.73 Å². The van der Waals surface area contributed by atoms with Crippen molar-refractivity contribution in [2.45, 2.75) is 26.8 Å². The van der Waals surface area contributed by atoms with Crippen LogP contribution in [-0.2, 0) is 0 Å². The number of hydrogen-bond acceptors (Lipinski definition) is 5. The van der Waals surface area contributed by atoms with Crippen LogP contribution in [0.15, 0.2) is 0 Å². The Hall–Kier alpha value is -0.810. The van der Waals surface area contributed by atoms with Crippen molar-refractivity contribution in [3.8, 4) is 0 Å². The Morgan fingerprint density at radius 3 is 2.67 bits per heavy atom. The molecule has 0 aliphatic carbocycles. The number of rotatable bonds is 5. The Morgan fingerprint density at radius 2 is 2.20 bits per heavy atom. The standard InChI is InChI=1S/C10H20N4S/c1-7(2)14(4)6-5-12-10-8(3)9(11)13-15-10/h7,12H,5-6H2,1-4H3,(H2,11,13).